The van der Waals surface area contributed by atoms with Crippen molar-refractivity contribution in [3.63, 3.8) is 0 Å². The molecule has 1 fully saturated rings. The van der Waals surface area contributed by atoms with Crippen molar-refractivity contribution in [1.29, 1.82) is 0 Å². The molecule has 0 N–H and O–H groups in total. The Morgan fingerprint density at radius 3 is 2.32 bits per heavy atom. The minimum atomic E-state index is -0.115. The van der Waals surface area contributed by atoms with Crippen molar-refractivity contribution in [1.82, 2.24) is 0 Å². The summed E-state index contributed by atoms with van der Waals surface area (Å²) in [6.45, 7) is 1.39. The van der Waals surface area contributed by atoms with Crippen LogP contribution in [0.25, 0.3) is 21.9 Å². The lowest BCUT2D eigenvalue weighted by molar-refractivity contribution is -0.0399. The highest BCUT2D eigenvalue weighted by Crippen LogP contribution is 2.32. The zero-order valence-electron chi connectivity index (χ0n) is 12.4. The lowest BCUT2D eigenvalue weighted by Gasteiger charge is -2.15. The summed E-state index contributed by atoms with van der Waals surface area (Å²) in [7, 11) is 0. The Labute approximate surface area is 130 Å². The average molecular weight is 290 g/mol. The molecule has 0 spiro atoms. The number of hydrogen-bond acceptors (Lipinski definition) is 2. The summed E-state index contributed by atoms with van der Waals surface area (Å²) in [5.41, 5.74) is 3.80. The summed E-state index contributed by atoms with van der Waals surface area (Å²) >= 11 is 0. The van der Waals surface area contributed by atoms with Crippen molar-refractivity contribution in [2.45, 2.75) is 12.7 Å². The highest BCUT2D eigenvalue weighted by Gasteiger charge is 2.18. The fraction of sp³-hybridized carbons (Fsp3) is 0.200. The Kier molecular flexibility index (Phi) is 3.63. The van der Waals surface area contributed by atoms with Crippen LogP contribution in [0.3, 0.4) is 0 Å². The molecule has 0 aromatic heterocycles. The monoisotopic (exact) mass is 290 g/mol. The van der Waals surface area contributed by atoms with Gasteiger partial charge in [0.15, 0.2) is 6.29 Å². The summed E-state index contributed by atoms with van der Waals surface area (Å²) < 4.78 is 11.2. The van der Waals surface area contributed by atoms with Gasteiger partial charge in [-0.15, -0.1) is 0 Å². The van der Waals surface area contributed by atoms with Crippen molar-refractivity contribution in [3.05, 3.63) is 72.3 Å². The first-order valence-electron chi connectivity index (χ1n) is 7.71. The van der Waals surface area contributed by atoms with Crippen LogP contribution in [0.5, 0.6) is 0 Å². The number of ether oxygens (including phenoxy) is 2. The Bertz CT molecular complexity index is 783. The van der Waals surface area contributed by atoms with E-state index in [4.69, 9.17) is 9.47 Å². The third kappa shape index (κ3) is 2.52. The van der Waals surface area contributed by atoms with Crippen molar-refractivity contribution < 1.29 is 9.47 Å². The molecular formula is C20H18O2. The zero-order chi connectivity index (χ0) is 14.8. The molecule has 110 valence electrons. The van der Waals surface area contributed by atoms with Gasteiger partial charge in [0.25, 0.3) is 0 Å². The summed E-state index contributed by atoms with van der Waals surface area (Å²) in [6.07, 6.45) is 0.676. The quantitative estimate of drug-likeness (QED) is 0.711. The first-order chi connectivity index (χ1) is 10.9. The van der Waals surface area contributed by atoms with Crippen LogP contribution in [0.4, 0.5) is 0 Å². The summed E-state index contributed by atoms with van der Waals surface area (Å²) in [6, 6.07) is 23.5. The van der Waals surface area contributed by atoms with Gasteiger partial charge in [0.2, 0.25) is 0 Å². The zero-order valence-corrected chi connectivity index (χ0v) is 12.4. The van der Waals surface area contributed by atoms with Gasteiger partial charge in [0, 0.05) is 6.42 Å². The molecule has 1 aliphatic rings. The van der Waals surface area contributed by atoms with Crippen LogP contribution in [0.2, 0.25) is 0 Å². The smallest absolute Gasteiger partial charge is 0.161 e. The largest absolute Gasteiger partial charge is 0.350 e. The second-order valence-corrected chi connectivity index (χ2v) is 5.56. The maximum absolute atomic E-state index is 5.61. The summed E-state index contributed by atoms with van der Waals surface area (Å²) in [5.74, 6) is 0. The Balaban J connectivity index is 1.81. The Morgan fingerprint density at radius 1 is 0.727 bits per heavy atom. The predicted octanol–water partition coefficient (Wildman–Crippen LogP) is 4.42. The number of benzene rings is 3. The molecule has 4 rings (SSSR count). The van der Waals surface area contributed by atoms with Crippen molar-refractivity contribution in [3.8, 4) is 11.1 Å². The van der Waals surface area contributed by atoms with Gasteiger partial charge in [-0.2, -0.15) is 0 Å². The van der Waals surface area contributed by atoms with E-state index in [1.807, 2.05) is 0 Å². The molecular weight excluding hydrogens is 272 g/mol. The van der Waals surface area contributed by atoms with Gasteiger partial charge >= 0.3 is 0 Å². The van der Waals surface area contributed by atoms with Gasteiger partial charge in [-0.05, 0) is 27.5 Å². The van der Waals surface area contributed by atoms with Crippen LogP contribution in [-0.2, 0) is 15.9 Å². The molecule has 0 aliphatic carbocycles. The normalized spacial score (nSPS) is 15.5. The van der Waals surface area contributed by atoms with E-state index in [1.54, 1.807) is 0 Å². The van der Waals surface area contributed by atoms with Gasteiger partial charge in [-0.25, -0.2) is 0 Å². The van der Waals surface area contributed by atoms with Crippen molar-refractivity contribution >= 4 is 10.8 Å². The maximum atomic E-state index is 5.61. The number of fused-ring (bicyclic) bond motifs is 1. The molecule has 0 saturated carbocycles. The van der Waals surface area contributed by atoms with Crippen LogP contribution in [0.15, 0.2) is 66.7 Å². The van der Waals surface area contributed by atoms with Crippen molar-refractivity contribution in [2.75, 3.05) is 13.2 Å². The van der Waals surface area contributed by atoms with E-state index in [0.29, 0.717) is 13.2 Å². The molecule has 1 heterocycles. The van der Waals surface area contributed by atoms with Crippen LogP contribution < -0.4 is 0 Å². The molecule has 2 heteroatoms. The molecule has 22 heavy (non-hydrogen) atoms. The van der Waals surface area contributed by atoms with Crippen molar-refractivity contribution in [2.24, 2.45) is 0 Å². The van der Waals surface area contributed by atoms with Crippen LogP contribution in [0, 0.1) is 0 Å². The standard InChI is InChI=1S/C20H18O2/c1-3-9-17-15(6-1)8-5-11-19(17)18-10-4-2-7-16(18)14-20-21-12-13-22-20/h1-11,20H,12-14H2. The molecule has 0 atom stereocenters. The van der Waals surface area contributed by atoms with E-state index in [0.717, 1.165) is 6.42 Å². The average Bonchev–Trinajstić information content (AvgIpc) is 3.08. The summed E-state index contributed by atoms with van der Waals surface area (Å²) in [5, 5.41) is 2.55. The Hall–Kier alpha value is -2.16. The molecule has 0 bridgehead atoms. The molecule has 3 aromatic rings. The minimum absolute atomic E-state index is 0.115. The van der Waals surface area contributed by atoms with Gasteiger partial charge in [-0.3, -0.25) is 0 Å². The predicted molar refractivity (Wildman–Crippen MR) is 88.8 cm³/mol. The molecule has 3 aromatic carbocycles. The fourth-order valence-corrected chi connectivity index (χ4v) is 3.13. The first-order valence-corrected chi connectivity index (χ1v) is 7.71. The fourth-order valence-electron chi connectivity index (χ4n) is 3.13. The number of hydrogen-bond donors (Lipinski definition) is 0. The first kappa shape index (κ1) is 13.5. The summed E-state index contributed by atoms with van der Waals surface area (Å²) in [4.78, 5) is 0. The van der Waals surface area contributed by atoms with Crippen LogP contribution in [0.1, 0.15) is 5.56 Å². The highest BCUT2D eigenvalue weighted by molar-refractivity contribution is 5.97. The van der Waals surface area contributed by atoms with Gasteiger partial charge in [0.05, 0.1) is 13.2 Å². The van der Waals surface area contributed by atoms with E-state index in [2.05, 4.69) is 66.7 Å². The van der Waals surface area contributed by atoms with Crippen LogP contribution >= 0.6 is 0 Å². The van der Waals surface area contributed by atoms with Crippen LogP contribution in [-0.4, -0.2) is 19.5 Å². The maximum Gasteiger partial charge on any atom is 0.161 e. The van der Waals surface area contributed by atoms with E-state index < -0.39 is 0 Å². The third-order valence-corrected chi connectivity index (χ3v) is 4.17. The molecule has 1 aliphatic heterocycles. The van der Waals surface area contributed by atoms with Gasteiger partial charge < -0.3 is 9.47 Å². The third-order valence-electron chi connectivity index (χ3n) is 4.17. The highest BCUT2D eigenvalue weighted by atomic mass is 16.7. The van der Waals surface area contributed by atoms with E-state index in [9.17, 15) is 0 Å². The lowest BCUT2D eigenvalue weighted by atomic mass is 9.93. The van der Waals surface area contributed by atoms with Gasteiger partial charge in [0.1, 0.15) is 0 Å². The molecule has 1 saturated heterocycles. The molecule has 2 nitrogen and oxygen atoms in total. The number of rotatable bonds is 3. The molecule has 0 radical (unpaired) electrons. The van der Waals surface area contributed by atoms with E-state index in [-0.39, 0.29) is 6.29 Å². The second kappa shape index (κ2) is 5.91. The van der Waals surface area contributed by atoms with E-state index in [1.165, 1.54) is 27.5 Å². The van der Waals surface area contributed by atoms with Gasteiger partial charge in [-0.1, -0.05) is 66.7 Å². The van der Waals surface area contributed by atoms with E-state index >= 15 is 0 Å². The second-order valence-electron chi connectivity index (χ2n) is 5.56. The lowest BCUT2D eigenvalue weighted by Crippen LogP contribution is -2.11. The molecule has 0 unspecified atom stereocenters. The topological polar surface area (TPSA) is 18.5 Å². The minimum Gasteiger partial charge on any atom is -0.350 e. The molecule has 0 amide bonds. The Morgan fingerprint density at radius 2 is 1.41 bits per heavy atom. The SMILES string of the molecule is c1ccc(-c2cccc3ccccc23)c(CC2OCCO2)c1.